The van der Waals surface area contributed by atoms with Gasteiger partial charge in [0, 0.05) is 0 Å². The maximum absolute atomic E-state index is 8.62. The van der Waals surface area contributed by atoms with Crippen molar-refractivity contribution in [2.24, 2.45) is 11.3 Å². The lowest BCUT2D eigenvalue weighted by atomic mass is 9.48. The molecule has 1 heteroatoms. The number of nitrogens with zero attached hydrogens (tertiary/aromatic N) is 1. The molecule has 0 amide bonds. The molecule has 0 aromatic rings. The fourth-order valence-electron chi connectivity index (χ4n) is 1.87. The Morgan fingerprint density at radius 3 is 2.00 bits per heavy atom. The van der Waals surface area contributed by atoms with E-state index in [9.17, 15) is 0 Å². The molecule has 2 aliphatic rings. The van der Waals surface area contributed by atoms with Crippen molar-refractivity contribution in [3.05, 3.63) is 0 Å². The standard InChI is InChI=1S/C7H9N/c8-5-7-3-1-6(7)2-4-7/h6H,1-4H2. The van der Waals surface area contributed by atoms with Gasteiger partial charge in [-0.05, 0) is 31.6 Å². The maximum atomic E-state index is 8.62. The van der Waals surface area contributed by atoms with Gasteiger partial charge in [0.1, 0.15) is 0 Å². The molecule has 0 radical (unpaired) electrons. The highest BCUT2D eigenvalue weighted by Crippen LogP contribution is 2.60. The molecule has 0 unspecified atom stereocenters. The van der Waals surface area contributed by atoms with E-state index in [1.807, 2.05) is 0 Å². The van der Waals surface area contributed by atoms with Crippen LogP contribution in [0.25, 0.3) is 0 Å². The number of fused-ring (bicyclic) bond motifs is 1. The zero-order valence-corrected chi connectivity index (χ0v) is 4.85. The molecule has 0 spiro atoms. The molecule has 2 saturated carbocycles. The Labute approximate surface area is 49.3 Å². The second-order valence-electron chi connectivity index (χ2n) is 3.04. The minimum atomic E-state index is 0.208. The van der Waals surface area contributed by atoms with E-state index in [4.69, 9.17) is 5.26 Å². The summed E-state index contributed by atoms with van der Waals surface area (Å²) in [6, 6.07) is 2.41. The highest BCUT2D eigenvalue weighted by Gasteiger charge is 2.53. The summed E-state index contributed by atoms with van der Waals surface area (Å²) in [5.74, 6) is 0.812. The fraction of sp³-hybridized carbons (Fsp3) is 0.857. The predicted molar refractivity (Wildman–Crippen MR) is 30.0 cm³/mol. The molecule has 42 valence electrons. The summed E-state index contributed by atoms with van der Waals surface area (Å²) in [7, 11) is 0. The van der Waals surface area contributed by atoms with Gasteiger partial charge >= 0.3 is 0 Å². The van der Waals surface area contributed by atoms with Crippen molar-refractivity contribution in [3.63, 3.8) is 0 Å². The molecule has 0 heterocycles. The van der Waals surface area contributed by atoms with Crippen LogP contribution in [0.15, 0.2) is 0 Å². The molecular weight excluding hydrogens is 98.1 g/mol. The quantitative estimate of drug-likeness (QED) is 0.462. The van der Waals surface area contributed by atoms with Crippen LogP contribution in [0.1, 0.15) is 25.7 Å². The van der Waals surface area contributed by atoms with E-state index < -0.39 is 0 Å². The lowest BCUT2D eigenvalue weighted by molar-refractivity contribution is -0.0192. The highest BCUT2D eigenvalue weighted by atomic mass is 14.6. The van der Waals surface area contributed by atoms with E-state index in [-0.39, 0.29) is 5.41 Å². The molecule has 0 aromatic heterocycles. The van der Waals surface area contributed by atoms with Gasteiger partial charge in [-0.3, -0.25) is 0 Å². The molecule has 0 bridgehead atoms. The summed E-state index contributed by atoms with van der Waals surface area (Å²) < 4.78 is 0. The number of nitriles is 1. The minimum absolute atomic E-state index is 0.208. The van der Waals surface area contributed by atoms with Gasteiger partial charge in [0.25, 0.3) is 0 Å². The Kier molecular flexibility index (Phi) is 0.588. The molecule has 0 saturated heterocycles. The number of hydrogen-bond acceptors (Lipinski definition) is 1. The Balaban J connectivity index is 2.18. The van der Waals surface area contributed by atoms with Gasteiger partial charge in [0.15, 0.2) is 0 Å². The topological polar surface area (TPSA) is 23.8 Å². The first kappa shape index (κ1) is 4.38. The van der Waals surface area contributed by atoms with Crippen LogP contribution in [0.3, 0.4) is 0 Å². The van der Waals surface area contributed by atoms with Crippen molar-refractivity contribution in [1.29, 1.82) is 5.26 Å². The predicted octanol–water partition coefficient (Wildman–Crippen LogP) is 1.70. The largest absolute Gasteiger partial charge is 0.198 e. The van der Waals surface area contributed by atoms with Crippen LogP contribution in [0.2, 0.25) is 0 Å². The Morgan fingerprint density at radius 1 is 1.38 bits per heavy atom. The molecule has 1 nitrogen and oxygen atoms in total. The molecule has 2 fully saturated rings. The van der Waals surface area contributed by atoms with Gasteiger partial charge in [-0.15, -0.1) is 0 Å². The fourth-order valence-corrected chi connectivity index (χ4v) is 1.87. The zero-order chi connectivity index (χ0) is 5.61. The van der Waals surface area contributed by atoms with Crippen molar-refractivity contribution < 1.29 is 0 Å². The molecule has 8 heavy (non-hydrogen) atoms. The average Bonchev–Trinajstić information content (AvgIpc) is 1.78. The van der Waals surface area contributed by atoms with E-state index in [2.05, 4.69) is 6.07 Å². The first-order valence-electron chi connectivity index (χ1n) is 3.29. The summed E-state index contributed by atoms with van der Waals surface area (Å²) in [6.07, 6.45) is 5.03. The molecule has 0 aliphatic heterocycles. The minimum Gasteiger partial charge on any atom is -0.198 e. The summed E-state index contributed by atoms with van der Waals surface area (Å²) >= 11 is 0. The Bertz CT molecular complexity index is 146. The summed E-state index contributed by atoms with van der Waals surface area (Å²) in [6.45, 7) is 0. The van der Waals surface area contributed by atoms with E-state index >= 15 is 0 Å². The smallest absolute Gasteiger partial charge is 0.0692 e. The summed E-state index contributed by atoms with van der Waals surface area (Å²) in [4.78, 5) is 0. The SMILES string of the molecule is N#CC12CCC1CC2. The van der Waals surface area contributed by atoms with Crippen molar-refractivity contribution >= 4 is 0 Å². The number of rotatable bonds is 0. The first-order chi connectivity index (χ1) is 3.87. The van der Waals surface area contributed by atoms with Crippen LogP contribution in [-0.4, -0.2) is 0 Å². The Hall–Kier alpha value is -0.510. The molecule has 0 N–H and O–H groups in total. The van der Waals surface area contributed by atoms with Crippen LogP contribution in [0.5, 0.6) is 0 Å². The monoisotopic (exact) mass is 107 g/mol. The maximum Gasteiger partial charge on any atom is 0.0692 e. The molecule has 2 rings (SSSR count). The van der Waals surface area contributed by atoms with Crippen LogP contribution >= 0.6 is 0 Å². The third kappa shape index (κ3) is 0.264. The van der Waals surface area contributed by atoms with Crippen LogP contribution < -0.4 is 0 Å². The third-order valence-corrected chi connectivity index (χ3v) is 2.88. The molecule has 0 atom stereocenters. The Morgan fingerprint density at radius 2 is 2.00 bits per heavy atom. The zero-order valence-electron chi connectivity index (χ0n) is 4.85. The second-order valence-corrected chi connectivity index (χ2v) is 3.04. The van der Waals surface area contributed by atoms with Gasteiger partial charge in [-0.2, -0.15) is 5.26 Å². The van der Waals surface area contributed by atoms with Gasteiger partial charge in [0.2, 0.25) is 0 Å². The van der Waals surface area contributed by atoms with Gasteiger partial charge in [0.05, 0.1) is 11.5 Å². The third-order valence-electron chi connectivity index (χ3n) is 2.88. The molecular formula is C7H9N. The molecule has 2 aliphatic carbocycles. The van der Waals surface area contributed by atoms with Crippen molar-refractivity contribution in [2.45, 2.75) is 25.7 Å². The number of hydrogen-bond donors (Lipinski definition) is 0. The van der Waals surface area contributed by atoms with Gasteiger partial charge in [-0.25, -0.2) is 0 Å². The van der Waals surface area contributed by atoms with Crippen molar-refractivity contribution in [3.8, 4) is 6.07 Å². The summed E-state index contributed by atoms with van der Waals surface area (Å²) in [5, 5.41) is 8.62. The van der Waals surface area contributed by atoms with E-state index in [1.54, 1.807) is 0 Å². The lowest BCUT2D eigenvalue weighted by Gasteiger charge is -2.53. The van der Waals surface area contributed by atoms with E-state index in [1.165, 1.54) is 25.7 Å². The van der Waals surface area contributed by atoms with Crippen LogP contribution in [0.4, 0.5) is 0 Å². The highest BCUT2D eigenvalue weighted by molar-refractivity contribution is 5.15. The van der Waals surface area contributed by atoms with Crippen LogP contribution in [-0.2, 0) is 0 Å². The van der Waals surface area contributed by atoms with Crippen molar-refractivity contribution in [2.75, 3.05) is 0 Å². The van der Waals surface area contributed by atoms with Crippen molar-refractivity contribution in [1.82, 2.24) is 0 Å². The normalized spacial score (nSPS) is 50.1. The second kappa shape index (κ2) is 1.07. The summed E-state index contributed by atoms with van der Waals surface area (Å²) in [5.41, 5.74) is 0.208. The van der Waals surface area contributed by atoms with E-state index in [0.717, 1.165) is 5.92 Å². The average molecular weight is 107 g/mol. The van der Waals surface area contributed by atoms with Gasteiger partial charge < -0.3 is 0 Å². The van der Waals surface area contributed by atoms with E-state index in [0.29, 0.717) is 0 Å². The van der Waals surface area contributed by atoms with Crippen LogP contribution in [0, 0.1) is 22.7 Å². The first-order valence-corrected chi connectivity index (χ1v) is 3.29. The van der Waals surface area contributed by atoms with Gasteiger partial charge in [-0.1, -0.05) is 0 Å². The molecule has 0 aromatic carbocycles. The lowest BCUT2D eigenvalue weighted by Crippen LogP contribution is -2.47.